The third kappa shape index (κ3) is 8.64. The first-order valence-electron chi connectivity index (χ1n) is 27.7. The number of hydrogen-bond acceptors (Lipinski definition) is 9. The molecule has 0 amide bonds. The topological polar surface area (TPSA) is 52.4 Å². The van der Waals surface area contributed by atoms with Crippen molar-refractivity contribution in [2.24, 2.45) is 0 Å². The maximum Gasteiger partial charge on any atom is 0.133 e. The molecule has 0 aliphatic rings. The minimum atomic E-state index is 0.854. The zero-order valence-electron chi connectivity index (χ0n) is 45.2. The highest BCUT2D eigenvalue weighted by molar-refractivity contribution is 7.26. The first-order valence-corrected chi connectivity index (χ1v) is 29.3. The molecule has 7 nitrogen and oxygen atoms in total. The smallest absolute Gasteiger partial charge is 0.133 e. The molecule has 0 saturated carbocycles. The third-order valence-electron chi connectivity index (χ3n) is 16.1. The van der Waals surface area contributed by atoms with Gasteiger partial charge in [0.05, 0.1) is 18.8 Å². The lowest BCUT2D eigenvalue weighted by Gasteiger charge is -2.26. The van der Waals surface area contributed by atoms with E-state index in [1.54, 1.807) is 18.8 Å². The Hall–Kier alpha value is -10.3. The Morgan fingerprint density at radius 2 is 0.578 bits per heavy atom. The van der Waals surface area contributed by atoms with Gasteiger partial charge in [0.2, 0.25) is 0 Å². The van der Waals surface area contributed by atoms with Gasteiger partial charge in [-0.1, -0.05) is 60.2 Å². The molecular weight excluding hydrogens is 1060 g/mol. The van der Waals surface area contributed by atoms with Gasteiger partial charge in [0, 0.05) is 126 Å². The van der Waals surface area contributed by atoms with Crippen LogP contribution in [0.25, 0.3) is 84.4 Å². The van der Waals surface area contributed by atoms with Crippen LogP contribution in [0.1, 0.15) is 5.56 Å². The summed E-state index contributed by atoms with van der Waals surface area (Å²) in [5.41, 5.74) is 18.0. The van der Waals surface area contributed by atoms with Gasteiger partial charge < -0.3 is 32.9 Å². The summed E-state index contributed by atoms with van der Waals surface area (Å²) in [6.07, 6.45) is 5.27. The number of rotatable bonds is 12. The molecule has 396 valence electrons. The van der Waals surface area contributed by atoms with E-state index in [0.29, 0.717) is 0 Å². The van der Waals surface area contributed by atoms with Gasteiger partial charge in [0.1, 0.15) is 16.7 Å². The van der Waals surface area contributed by atoms with E-state index in [1.807, 2.05) is 46.9 Å². The van der Waals surface area contributed by atoms with Gasteiger partial charge in [-0.05, 0) is 212 Å². The van der Waals surface area contributed by atoms with Crippen molar-refractivity contribution < 1.29 is 13.3 Å². The SMILES string of the molecule is Cc1ccc(N(c2ccccc2)c2ccc(-c3ccc(N(c4ccc5occc5c4)c4ccc5sc6ccc(N(c7ccc8occc8c7)c7ccc8sc9ccc(N(C)c%10ccc%11occc%11c%10)cc9c8c7)cc6c5c4)cc3)cc2)cc1. The molecule has 16 aromatic rings. The van der Waals surface area contributed by atoms with E-state index in [0.717, 1.165) is 107 Å². The summed E-state index contributed by atoms with van der Waals surface area (Å²) in [7, 11) is 2.13. The minimum Gasteiger partial charge on any atom is -0.464 e. The molecule has 16 rings (SSSR count). The Bertz CT molecular complexity index is 5090. The minimum absolute atomic E-state index is 0.854. The molecule has 5 heterocycles. The highest BCUT2D eigenvalue weighted by Gasteiger charge is 2.21. The van der Waals surface area contributed by atoms with Gasteiger partial charge in [-0.3, -0.25) is 0 Å². The van der Waals surface area contributed by atoms with Crippen LogP contribution in [0.5, 0.6) is 0 Å². The number of fused-ring (bicyclic) bond motifs is 9. The van der Waals surface area contributed by atoms with Crippen molar-refractivity contribution in [2.75, 3.05) is 26.6 Å². The number of para-hydroxylation sites is 1. The summed E-state index contributed by atoms with van der Waals surface area (Å²) < 4.78 is 22.3. The molecule has 83 heavy (non-hydrogen) atoms. The molecule has 0 atom stereocenters. The Kier molecular flexibility index (Phi) is 11.6. The predicted octanol–water partition coefficient (Wildman–Crippen LogP) is 22.8. The zero-order valence-corrected chi connectivity index (χ0v) is 46.9. The Morgan fingerprint density at radius 1 is 0.277 bits per heavy atom. The normalized spacial score (nSPS) is 11.7. The summed E-state index contributed by atoms with van der Waals surface area (Å²) >= 11 is 3.66. The fourth-order valence-electron chi connectivity index (χ4n) is 11.8. The van der Waals surface area contributed by atoms with Gasteiger partial charge in [-0.25, -0.2) is 0 Å². The van der Waals surface area contributed by atoms with Crippen LogP contribution in [0.15, 0.2) is 281 Å². The van der Waals surface area contributed by atoms with Crippen LogP contribution in [0, 0.1) is 6.92 Å². The lowest BCUT2D eigenvalue weighted by molar-refractivity contribution is 0.615. The van der Waals surface area contributed by atoms with Crippen molar-refractivity contribution in [3.63, 3.8) is 0 Å². The van der Waals surface area contributed by atoms with Crippen LogP contribution < -0.4 is 19.6 Å². The molecule has 11 aromatic carbocycles. The van der Waals surface area contributed by atoms with E-state index in [4.69, 9.17) is 13.3 Å². The van der Waals surface area contributed by atoms with Crippen molar-refractivity contribution in [2.45, 2.75) is 6.92 Å². The Labute approximate surface area is 486 Å². The number of thiophene rings is 2. The molecule has 0 radical (unpaired) electrons. The first kappa shape index (κ1) is 48.6. The summed E-state index contributed by atoms with van der Waals surface area (Å²) in [5.74, 6) is 0. The van der Waals surface area contributed by atoms with Crippen LogP contribution in [-0.2, 0) is 0 Å². The summed E-state index contributed by atoms with van der Waals surface area (Å²) in [6, 6.07) is 90.0. The maximum absolute atomic E-state index is 5.88. The van der Waals surface area contributed by atoms with Gasteiger partial charge >= 0.3 is 0 Å². The second-order valence-corrected chi connectivity index (χ2v) is 23.4. The van der Waals surface area contributed by atoms with Gasteiger partial charge in [0.25, 0.3) is 0 Å². The van der Waals surface area contributed by atoms with Crippen molar-refractivity contribution in [3.05, 3.63) is 273 Å². The largest absolute Gasteiger partial charge is 0.464 e. The molecule has 0 N–H and O–H groups in total. The number of anilines is 11. The van der Waals surface area contributed by atoms with Gasteiger partial charge in [-0.2, -0.15) is 0 Å². The number of hydrogen-bond donors (Lipinski definition) is 0. The molecule has 0 saturated heterocycles. The van der Waals surface area contributed by atoms with E-state index >= 15 is 0 Å². The predicted molar refractivity (Wildman–Crippen MR) is 350 cm³/mol. The first-order chi connectivity index (χ1) is 40.9. The molecule has 9 heteroatoms. The molecule has 0 fully saturated rings. The second kappa shape index (κ2) is 19.7. The summed E-state index contributed by atoms with van der Waals surface area (Å²) in [5, 5.41) is 8.00. The highest BCUT2D eigenvalue weighted by atomic mass is 32.1. The van der Waals surface area contributed by atoms with Crippen LogP contribution in [0.3, 0.4) is 0 Å². The van der Waals surface area contributed by atoms with Crippen LogP contribution in [0.4, 0.5) is 62.6 Å². The monoisotopic (exact) mass is 1110 g/mol. The molecular formula is C74H50N4O3S2. The number of furan rings is 3. The number of nitrogens with zero attached hydrogens (tertiary/aromatic N) is 4. The quantitative estimate of drug-likeness (QED) is 0.121. The lowest BCUT2D eigenvalue weighted by Crippen LogP contribution is -2.10. The van der Waals surface area contributed by atoms with Crippen molar-refractivity contribution in [1.29, 1.82) is 0 Å². The Morgan fingerprint density at radius 3 is 1.02 bits per heavy atom. The molecule has 0 aliphatic carbocycles. The Balaban J connectivity index is 0.777. The molecule has 0 spiro atoms. The average molecular weight is 1110 g/mol. The third-order valence-corrected chi connectivity index (χ3v) is 18.4. The van der Waals surface area contributed by atoms with Crippen LogP contribution in [0.2, 0.25) is 0 Å². The van der Waals surface area contributed by atoms with Crippen LogP contribution >= 0.6 is 22.7 Å². The fraction of sp³-hybridized carbons (Fsp3) is 0.0270. The lowest BCUT2D eigenvalue weighted by atomic mass is 10.0. The fourth-order valence-corrected chi connectivity index (χ4v) is 14.0. The second-order valence-electron chi connectivity index (χ2n) is 21.2. The average Bonchev–Trinajstić information content (AvgIpc) is 3.98. The van der Waals surface area contributed by atoms with Crippen LogP contribution in [-0.4, -0.2) is 7.05 Å². The number of aryl methyl sites for hydroxylation is 1. The van der Waals surface area contributed by atoms with Crippen molar-refractivity contribution in [1.82, 2.24) is 0 Å². The standard InChI is InChI=1S/C74H50N4O3S2/c1-47-8-14-54(15-9-47)76(53-6-4-3-5-7-53)55-16-10-48(11-17-55)49-12-18-56(19-13-49)77(59-21-28-69-51(41-59)35-38-80-69)61-24-31-73-66(44-61)67-46-63(26-33-74(67)83-73)78(60-22-29-70-52(42-60)36-39-81-70)62-25-32-72-65(45-62)64-43-58(23-30-71(64)82-72)75(2)57-20-27-68-50(40-57)34-37-79-68/h3-46H,1-2H3. The van der Waals surface area contributed by atoms with Crippen molar-refractivity contribution in [3.8, 4) is 11.1 Å². The molecule has 0 bridgehead atoms. The number of benzene rings is 11. The van der Waals surface area contributed by atoms with E-state index in [2.05, 4.69) is 258 Å². The van der Waals surface area contributed by atoms with E-state index in [1.165, 1.54) is 45.9 Å². The van der Waals surface area contributed by atoms with E-state index < -0.39 is 0 Å². The molecule has 0 aliphatic heterocycles. The van der Waals surface area contributed by atoms with Gasteiger partial charge in [0.15, 0.2) is 0 Å². The maximum atomic E-state index is 5.88. The highest BCUT2D eigenvalue weighted by Crippen LogP contribution is 2.47. The van der Waals surface area contributed by atoms with E-state index in [-0.39, 0.29) is 0 Å². The van der Waals surface area contributed by atoms with Gasteiger partial charge in [-0.15, -0.1) is 22.7 Å². The molecule has 0 unspecified atom stereocenters. The zero-order chi connectivity index (χ0) is 55.1. The van der Waals surface area contributed by atoms with E-state index in [9.17, 15) is 0 Å². The van der Waals surface area contributed by atoms with Crippen molar-refractivity contribution >= 4 is 158 Å². The molecule has 5 aromatic heterocycles. The summed E-state index contributed by atoms with van der Waals surface area (Å²) in [6.45, 7) is 2.13. The summed E-state index contributed by atoms with van der Waals surface area (Å²) in [4.78, 5) is 9.31.